The molecule has 0 radical (unpaired) electrons. The first kappa shape index (κ1) is 11.2. The minimum atomic E-state index is -0.262. The largest absolute Gasteiger partial charge is 0.300 e. The summed E-state index contributed by atoms with van der Waals surface area (Å²) >= 11 is 11.4. The van der Waals surface area contributed by atoms with Crippen LogP contribution >= 0.6 is 23.2 Å². The summed E-state index contributed by atoms with van der Waals surface area (Å²) in [6.45, 7) is 1.37. The van der Waals surface area contributed by atoms with Gasteiger partial charge >= 0.3 is 0 Å². The first-order chi connectivity index (χ1) is 6.49. The Kier molecular flexibility index (Phi) is 3.67. The molecule has 14 heavy (non-hydrogen) atoms. The van der Waals surface area contributed by atoms with Crippen LogP contribution in [-0.4, -0.2) is 11.6 Å². The van der Waals surface area contributed by atoms with Gasteiger partial charge in [-0.3, -0.25) is 9.59 Å². The molecule has 0 heterocycles. The molecule has 0 aliphatic rings. The van der Waals surface area contributed by atoms with Gasteiger partial charge in [-0.2, -0.15) is 0 Å². The standard InChI is InChI=1S/C10H8Cl2O2/c1-6(13)2-10(14)7-3-8(11)5-9(12)4-7/h3-5H,2H2,1H3. The van der Waals surface area contributed by atoms with Crippen molar-refractivity contribution in [3.05, 3.63) is 33.8 Å². The molecule has 0 saturated heterocycles. The number of hydrogen-bond acceptors (Lipinski definition) is 2. The number of hydrogen-bond donors (Lipinski definition) is 0. The van der Waals surface area contributed by atoms with Gasteiger partial charge < -0.3 is 0 Å². The van der Waals surface area contributed by atoms with Crippen LogP contribution in [0.25, 0.3) is 0 Å². The van der Waals surface area contributed by atoms with Crippen molar-refractivity contribution in [3.63, 3.8) is 0 Å². The van der Waals surface area contributed by atoms with Crippen LogP contribution in [0.5, 0.6) is 0 Å². The fourth-order valence-corrected chi connectivity index (χ4v) is 1.57. The normalized spacial score (nSPS) is 9.93. The summed E-state index contributed by atoms with van der Waals surface area (Å²) in [6, 6.07) is 4.53. The monoisotopic (exact) mass is 230 g/mol. The van der Waals surface area contributed by atoms with Gasteiger partial charge in [-0.1, -0.05) is 23.2 Å². The van der Waals surface area contributed by atoms with Crippen molar-refractivity contribution in [1.29, 1.82) is 0 Å². The molecular weight excluding hydrogens is 223 g/mol. The maximum Gasteiger partial charge on any atom is 0.170 e. The third kappa shape index (κ3) is 3.13. The van der Waals surface area contributed by atoms with Gasteiger partial charge in [0.1, 0.15) is 5.78 Å². The highest BCUT2D eigenvalue weighted by Crippen LogP contribution is 2.19. The predicted octanol–water partition coefficient (Wildman–Crippen LogP) is 3.16. The highest BCUT2D eigenvalue weighted by molar-refractivity contribution is 6.35. The maximum atomic E-state index is 11.4. The number of halogens is 2. The van der Waals surface area contributed by atoms with Gasteiger partial charge in [0.2, 0.25) is 0 Å². The molecule has 74 valence electrons. The number of carbonyl (C=O) groups excluding carboxylic acids is 2. The summed E-state index contributed by atoms with van der Waals surface area (Å²) in [7, 11) is 0. The zero-order valence-corrected chi connectivity index (χ0v) is 9.02. The average Bonchev–Trinajstić information content (AvgIpc) is 2.00. The van der Waals surface area contributed by atoms with Crippen LogP contribution in [0, 0.1) is 0 Å². The molecule has 0 aliphatic carbocycles. The third-order valence-electron chi connectivity index (χ3n) is 1.59. The summed E-state index contributed by atoms with van der Waals surface area (Å²) in [5.41, 5.74) is 0.373. The van der Waals surface area contributed by atoms with Gasteiger partial charge in [0, 0.05) is 15.6 Å². The lowest BCUT2D eigenvalue weighted by Crippen LogP contribution is -2.04. The topological polar surface area (TPSA) is 34.1 Å². The minimum Gasteiger partial charge on any atom is -0.300 e. The van der Waals surface area contributed by atoms with Crippen LogP contribution < -0.4 is 0 Å². The fraction of sp³-hybridized carbons (Fsp3) is 0.200. The number of Topliss-reactive ketones (excluding diaryl/α,β-unsaturated/α-hetero) is 2. The predicted molar refractivity (Wildman–Crippen MR) is 56.1 cm³/mol. The summed E-state index contributed by atoms with van der Waals surface area (Å²) in [6.07, 6.45) is -0.114. The van der Waals surface area contributed by atoms with Crippen molar-refractivity contribution in [2.24, 2.45) is 0 Å². The Morgan fingerprint density at radius 2 is 1.64 bits per heavy atom. The zero-order chi connectivity index (χ0) is 10.7. The third-order valence-corrected chi connectivity index (χ3v) is 2.03. The summed E-state index contributed by atoms with van der Waals surface area (Å²) < 4.78 is 0. The van der Waals surface area contributed by atoms with E-state index in [2.05, 4.69) is 0 Å². The maximum absolute atomic E-state index is 11.4. The van der Waals surface area contributed by atoms with Crippen LogP contribution in [0.3, 0.4) is 0 Å². The van der Waals surface area contributed by atoms with Gasteiger partial charge in [0.15, 0.2) is 5.78 Å². The summed E-state index contributed by atoms with van der Waals surface area (Å²) in [5.74, 6) is -0.437. The van der Waals surface area contributed by atoms with Gasteiger partial charge in [-0.25, -0.2) is 0 Å². The lowest BCUT2D eigenvalue weighted by atomic mass is 10.1. The molecule has 0 fully saturated rings. The van der Waals surface area contributed by atoms with Gasteiger partial charge in [0.25, 0.3) is 0 Å². The molecule has 0 bridgehead atoms. The number of carbonyl (C=O) groups is 2. The van der Waals surface area contributed by atoms with Crippen molar-refractivity contribution >= 4 is 34.8 Å². The van der Waals surface area contributed by atoms with E-state index < -0.39 is 0 Å². The highest BCUT2D eigenvalue weighted by Gasteiger charge is 2.09. The molecule has 0 unspecified atom stereocenters. The van der Waals surface area contributed by atoms with Crippen LogP contribution in [0.2, 0.25) is 10.0 Å². The first-order valence-electron chi connectivity index (χ1n) is 3.98. The van der Waals surface area contributed by atoms with E-state index >= 15 is 0 Å². The molecule has 1 rings (SSSR count). The van der Waals surface area contributed by atoms with Crippen molar-refractivity contribution in [2.75, 3.05) is 0 Å². The molecule has 0 aromatic heterocycles. The lowest BCUT2D eigenvalue weighted by molar-refractivity contribution is -0.116. The quantitative estimate of drug-likeness (QED) is 0.591. The minimum absolute atomic E-state index is 0.114. The van der Waals surface area contributed by atoms with E-state index in [1.807, 2.05) is 0 Å². The summed E-state index contributed by atoms with van der Waals surface area (Å²) in [4.78, 5) is 22.1. The second-order valence-corrected chi connectivity index (χ2v) is 3.83. The van der Waals surface area contributed by atoms with Crippen molar-refractivity contribution < 1.29 is 9.59 Å². The molecule has 0 N–H and O–H groups in total. The lowest BCUT2D eigenvalue weighted by Gasteiger charge is -2.00. The smallest absolute Gasteiger partial charge is 0.170 e. The van der Waals surface area contributed by atoms with E-state index in [1.54, 1.807) is 0 Å². The van der Waals surface area contributed by atoms with E-state index in [1.165, 1.54) is 25.1 Å². The van der Waals surface area contributed by atoms with Crippen molar-refractivity contribution in [2.45, 2.75) is 13.3 Å². The number of ketones is 2. The molecule has 1 aromatic carbocycles. The van der Waals surface area contributed by atoms with Gasteiger partial charge in [-0.15, -0.1) is 0 Å². The molecule has 0 aliphatic heterocycles. The van der Waals surface area contributed by atoms with E-state index in [0.29, 0.717) is 15.6 Å². The van der Waals surface area contributed by atoms with Gasteiger partial charge in [-0.05, 0) is 25.1 Å². The zero-order valence-electron chi connectivity index (χ0n) is 7.51. The molecule has 2 nitrogen and oxygen atoms in total. The molecule has 0 saturated carbocycles. The van der Waals surface area contributed by atoms with Crippen molar-refractivity contribution in [1.82, 2.24) is 0 Å². The van der Waals surface area contributed by atoms with Crippen molar-refractivity contribution in [3.8, 4) is 0 Å². The van der Waals surface area contributed by atoms with Crippen LogP contribution in [0.4, 0.5) is 0 Å². The Morgan fingerprint density at radius 1 is 1.14 bits per heavy atom. The SMILES string of the molecule is CC(=O)CC(=O)c1cc(Cl)cc(Cl)c1. The Bertz CT molecular complexity index is 365. The second-order valence-electron chi connectivity index (χ2n) is 2.96. The number of benzene rings is 1. The Balaban J connectivity index is 2.95. The van der Waals surface area contributed by atoms with Crippen LogP contribution in [-0.2, 0) is 4.79 Å². The van der Waals surface area contributed by atoms with Crippen LogP contribution in [0.15, 0.2) is 18.2 Å². The molecule has 0 amide bonds. The molecular formula is C10H8Cl2O2. The fourth-order valence-electron chi connectivity index (χ4n) is 1.04. The molecule has 0 spiro atoms. The first-order valence-corrected chi connectivity index (χ1v) is 4.73. The second kappa shape index (κ2) is 4.58. The molecule has 4 heteroatoms. The summed E-state index contributed by atoms with van der Waals surface area (Å²) in [5, 5.41) is 0.786. The van der Waals surface area contributed by atoms with E-state index in [9.17, 15) is 9.59 Å². The van der Waals surface area contributed by atoms with Gasteiger partial charge in [0.05, 0.1) is 6.42 Å². The van der Waals surface area contributed by atoms with E-state index in [4.69, 9.17) is 23.2 Å². The molecule has 1 aromatic rings. The molecule has 0 atom stereocenters. The average molecular weight is 231 g/mol. The Morgan fingerprint density at radius 3 is 2.07 bits per heavy atom. The Labute approximate surface area is 91.8 Å². The van der Waals surface area contributed by atoms with E-state index in [-0.39, 0.29) is 18.0 Å². The number of rotatable bonds is 3. The van der Waals surface area contributed by atoms with E-state index in [0.717, 1.165) is 0 Å². The highest BCUT2D eigenvalue weighted by atomic mass is 35.5. The van der Waals surface area contributed by atoms with Crippen LogP contribution in [0.1, 0.15) is 23.7 Å². The Hall–Kier alpha value is -0.860.